The van der Waals surface area contributed by atoms with E-state index in [2.05, 4.69) is 10.5 Å². The van der Waals surface area contributed by atoms with Gasteiger partial charge in [0.2, 0.25) is 0 Å². The number of amides is 1. The fourth-order valence-electron chi connectivity index (χ4n) is 1.83. The lowest BCUT2D eigenvalue weighted by molar-refractivity contribution is 0.102. The van der Waals surface area contributed by atoms with Crippen LogP contribution < -0.4 is 10.1 Å². The number of nitrogens with one attached hydrogen (secondary N) is 1. The summed E-state index contributed by atoms with van der Waals surface area (Å²) < 4.78 is 10.8. The summed E-state index contributed by atoms with van der Waals surface area (Å²) in [6, 6.07) is 8.74. The average Bonchev–Trinajstić information content (AvgIpc) is 2.87. The zero-order chi connectivity index (χ0) is 16.3. The summed E-state index contributed by atoms with van der Waals surface area (Å²) >= 11 is 0. The minimum atomic E-state index is -0.232. The van der Waals surface area contributed by atoms with Crippen molar-refractivity contribution in [2.24, 2.45) is 0 Å². The summed E-state index contributed by atoms with van der Waals surface area (Å²) in [5.41, 5.74) is 0.391. The van der Waals surface area contributed by atoms with Crippen LogP contribution in [-0.2, 0) is 5.41 Å². The second-order valence-corrected chi connectivity index (χ2v) is 6.47. The van der Waals surface area contributed by atoms with Crippen LogP contribution >= 0.6 is 0 Å². The van der Waals surface area contributed by atoms with E-state index in [0.29, 0.717) is 11.4 Å². The summed E-state index contributed by atoms with van der Waals surface area (Å²) in [6.45, 7) is 9.97. The van der Waals surface area contributed by atoms with Crippen molar-refractivity contribution in [3.63, 3.8) is 0 Å². The molecule has 0 bridgehead atoms. The minimum absolute atomic E-state index is 0.102. The normalized spacial score (nSPS) is 11.5. The van der Waals surface area contributed by atoms with Crippen LogP contribution in [0.2, 0.25) is 0 Å². The van der Waals surface area contributed by atoms with Crippen molar-refractivity contribution in [2.75, 3.05) is 5.32 Å². The zero-order valence-corrected chi connectivity index (χ0v) is 13.6. The molecule has 0 aliphatic rings. The summed E-state index contributed by atoms with van der Waals surface area (Å²) in [4.78, 5) is 12.2. The fraction of sp³-hybridized carbons (Fsp3) is 0.412. The van der Waals surface area contributed by atoms with E-state index < -0.39 is 0 Å². The molecule has 0 spiro atoms. The first-order valence-corrected chi connectivity index (χ1v) is 7.31. The maximum Gasteiger partial charge on any atom is 0.256 e. The Kier molecular flexibility index (Phi) is 4.54. The first kappa shape index (κ1) is 16.1. The van der Waals surface area contributed by atoms with Crippen LogP contribution in [0.4, 0.5) is 5.82 Å². The zero-order valence-electron chi connectivity index (χ0n) is 13.6. The van der Waals surface area contributed by atoms with Crippen LogP contribution in [-0.4, -0.2) is 17.2 Å². The third kappa shape index (κ3) is 4.10. The van der Waals surface area contributed by atoms with Gasteiger partial charge in [-0.25, -0.2) is 0 Å². The molecule has 0 radical (unpaired) electrons. The number of nitrogens with zero attached hydrogens (tertiary/aromatic N) is 1. The lowest BCUT2D eigenvalue weighted by Gasteiger charge is -2.12. The molecule has 0 fully saturated rings. The molecule has 1 N–H and O–H groups in total. The molecule has 0 saturated carbocycles. The van der Waals surface area contributed by atoms with Crippen molar-refractivity contribution in [3.8, 4) is 5.75 Å². The molecule has 0 unspecified atom stereocenters. The minimum Gasteiger partial charge on any atom is -0.491 e. The van der Waals surface area contributed by atoms with Gasteiger partial charge in [-0.1, -0.05) is 25.9 Å². The number of ether oxygens (including phenoxy) is 1. The standard InChI is InChI=1S/C17H22N2O3/c1-11(2)21-13-8-6-12(7-9-13)16(20)18-15-10-14(22-19-15)17(3,4)5/h6-11H,1-5H3,(H,18,19,20). The maximum atomic E-state index is 12.2. The van der Waals surface area contributed by atoms with Crippen LogP contribution in [0.5, 0.6) is 5.75 Å². The molecule has 0 saturated heterocycles. The van der Waals surface area contributed by atoms with Gasteiger partial charge in [0.05, 0.1) is 6.10 Å². The van der Waals surface area contributed by atoms with Gasteiger partial charge in [0.25, 0.3) is 5.91 Å². The van der Waals surface area contributed by atoms with E-state index in [-0.39, 0.29) is 17.4 Å². The topological polar surface area (TPSA) is 64.4 Å². The predicted octanol–water partition coefficient (Wildman–Crippen LogP) is 4.01. The fourth-order valence-corrected chi connectivity index (χ4v) is 1.83. The first-order valence-electron chi connectivity index (χ1n) is 7.31. The molecule has 2 rings (SSSR count). The van der Waals surface area contributed by atoms with Crippen molar-refractivity contribution in [3.05, 3.63) is 41.7 Å². The van der Waals surface area contributed by atoms with E-state index in [1.807, 2.05) is 34.6 Å². The quantitative estimate of drug-likeness (QED) is 0.926. The Hall–Kier alpha value is -2.30. The molecule has 22 heavy (non-hydrogen) atoms. The number of aromatic nitrogens is 1. The van der Waals surface area contributed by atoms with Crippen LogP contribution in [0.3, 0.4) is 0 Å². The van der Waals surface area contributed by atoms with E-state index >= 15 is 0 Å². The Morgan fingerprint density at radius 3 is 2.36 bits per heavy atom. The molecular weight excluding hydrogens is 280 g/mol. The molecule has 1 aromatic carbocycles. The highest BCUT2D eigenvalue weighted by Crippen LogP contribution is 2.24. The highest BCUT2D eigenvalue weighted by atomic mass is 16.5. The van der Waals surface area contributed by atoms with Gasteiger partial charge in [0, 0.05) is 17.0 Å². The molecule has 118 valence electrons. The van der Waals surface area contributed by atoms with Crippen molar-refractivity contribution in [1.29, 1.82) is 0 Å². The third-order valence-electron chi connectivity index (χ3n) is 2.98. The Bertz CT molecular complexity index is 637. The molecule has 1 heterocycles. The SMILES string of the molecule is CC(C)Oc1ccc(C(=O)Nc2cc(C(C)(C)C)on2)cc1. The van der Waals surface area contributed by atoms with E-state index in [9.17, 15) is 4.79 Å². The highest BCUT2D eigenvalue weighted by molar-refractivity contribution is 6.03. The molecular formula is C17H22N2O3. The second kappa shape index (κ2) is 6.22. The van der Waals surface area contributed by atoms with Crippen molar-refractivity contribution in [2.45, 2.75) is 46.1 Å². The van der Waals surface area contributed by atoms with E-state index in [0.717, 1.165) is 11.5 Å². The molecule has 0 atom stereocenters. The van der Waals surface area contributed by atoms with Crippen LogP contribution in [0.15, 0.2) is 34.9 Å². The lowest BCUT2D eigenvalue weighted by atomic mass is 9.93. The second-order valence-electron chi connectivity index (χ2n) is 6.47. The number of anilines is 1. The Labute approximate surface area is 130 Å². The summed E-state index contributed by atoms with van der Waals surface area (Å²) in [7, 11) is 0. The molecule has 5 nitrogen and oxygen atoms in total. The van der Waals surface area contributed by atoms with Gasteiger partial charge in [-0.05, 0) is 38.1 Å². The van der Waals surface area contributed by atoms with Crippen molar-refractivity contribution < 1.29 is 14.1 Å². The van der Waals surface area contributed by atoms with Gasteiger partial charge in [0.1, 0.15) is 11.5 Å². The Balaban J connectivity index is 2.04. The number of hydrogen-bond donors (Lipinski definition) is 1. The monoisotopic (exact) mass is 302 g/mol. The first-order chi connectivity index (χ1) is 10.3. The largest absolute Gasteiger partial charge is 0.491 e. The molecule has 5 heteroatoms. The molecule has 0 aliphatic carbocycles. The van der Waals surface area contributed by atoms with Gasteiger partial charge in [0.15, 0.2) is 5.82 Å². The van der Waals surface area contributed by atoms with Gasteiger partial charge >= 0.3 is 0 Å². The predicted molar refractivity (Wildman–Crippen MR) is 85.4 cm³/mol. The molecule has 0 aliphatic heterocycles. The van der Waals surface area contributed by atoms with Crippen LogP contribution in [0, 0.1) is 0 Å². The Morgan fingerprint density at radius 1 is 1.23 bits per heavy atom. The smallest absolute Gasteiger partial charge is 0.256 e. The van der Waals surface area contributed by atoms with E-state index in [4.69, 9.17) is 9.26 Å². The summed E-state index contributed by atoms with van der Waals surface area (Å²) in [6.07, 6.45) is 0.102. The lowest BCUT2D eigenvalue weighted by Crippen LogP contribution is -2.12. The summed E-state index contributed by atoms with van der Waals surface area (Å²) in [5, 5.41) is 6.60. The van der Waals surface area contributed by atoms with Gasteiger partial charge in [-0.3, -0.25) is 4.79 Å². The maximum absolute atomic E-state index is 12.2. The third-order valence-corrected chi connectivity index (χ3v) is 2.98. The molecule has 1 amide bonds. The van der Waals surface area contributed by atoms with Crippen molar-refractivity contribution >= 4 is 11.7 Å². The van der Waals surface area contributed by atoms with Crippen LogP contribution in [0.25, 0.3) is 0 Å². The number of carbonyl (C=O) groups is 1. The highest BCUT2D eigenvalue weighted by Gasteiger charge is 2.20. The van der Waals surface area contributed by atoms with E-state index in [1.165, 1.54) is 0 Å². The van der Waals surface area contributed by atoms with Crippen LogP contribution in [0.1, 0.15) is 50.7 Å². The number of rotatable bonds is 4. The average molecular weight is 302 g/mol. The number of hydrogen-bond acceptors (Lipinski definition) is 4. The number of carbonyl (C=O) groups excluding carboxylic acids is 1. The van der Waals surface area contributed by atoms with E-state index in [1.54, 1.807) is 30.3 Å². The van der Waals surface area contributed by atoms with Gasteiger partial charge in [-0.15, -0.1) is 0 Å². The molecule has 1 aromatic heterocycles. The van der Waals surface area contributed by atoms with Gasteiger partial charge < -0.3 is 14.6 Å². The Morgan fingerprint density at radius 2 is 1.86 bits per heavy atom. The molecule has 2 aromatic rings. The van der Waals surface area contributed by atoms with Crippen molar-refractivity contribution in [1.82, 2.24) is 5.16 Å². The number of benzene rings is 1. The summed E-state index contributed by atoms with van der Waals surface area (Å²) in [5.74, 6) is 1.65. The van der Waals surface area contributed by atoms with Gasteiger partial charge in [-0.2, -0.15) is 0 Å².